The smallest absolute Gasteiger partial charge is 0.307 e. The van der Waals surface area contributed by atoms with Gasteiger partial charge in [-0.25, -0.2) is 0 Å². The Morgan fingerprint density at radius 1 is 1.38 bits per heavy atom. The first-order chi connectivity index (χ1) is 7.52. The van der Waals surface area contributed by atoms with Gasteiger partial charge in [-0.05, 0) is 12.8 Å². The highest BCUT2D eigenvalue weighted by molar-refractivity contribution is 5.82. The van der Waals surface area contributed by atoms with E-state index in [2.05, 4.69) is 5.32 Å². The second kappa shape index (κ2) is 8.10. The molecule has 0 spiro atoms. The van der Waals surface area contributed by atoms with Crippen LogP contribution in [0.5, 0.6) is 0 Å². The molecule has 0 bridgehead atoms. The molecule has 0 saturated heterocycles. The predicted molar refractivity (Wildman–Crippen MR) is 61.7 cm³/mol. The molecule has 94 valence electrons. The number of carbonyl (C=O) groups is 2. The summed E-state index contributed by atoms with van der Waals surface area (Å²) >= 11 is 0. The van der Waals surface area contributed by atoms with Gasteiger partial charge in [-0.2, -0.15) is 0 Å². The van der Waals surface area contributed by atoms with Crippen LogP contribution in [0.15, 0.2) is 0 Å². The van der Waals surface area contributed by atoms with E-state index in [1.165, 1.54) is 0 Å². The van der Waals surface area contributed by atoms with Gasteiger partial charge in [0.05, 0.1) is 19.1 Å². The van der Waals surface area contributed by atoms with Crippen LogP contribution >= 0.6 is 0 Å². The quantitative estimate of drug-likeness (QED) is 0.621. The van der Waals surface area contributed by atoms with Crippen molar-refractivity contribution in [3.05, 3.63) is 0 Å². The molecule has 0 rings (SSSR count). The van der Waals surface area contributed by atoms with Gasteiger partial charge >= 0.3 is 5.97 Å². The molecule has 16 heavy (non-hydrogen) atoms. The number of esters is 1. The first kappa shape index (κ1) is 14.9. The molecule has 0 aromatic rings. The van der Waals surface area contributed by atoms with Gasteiger partial charge in [0.2, 0.25) is 5.91 Å². The molecule has 0 aliphatic carbocycles. The molecule has 0 heterocycles. The molecule has 2 atom stereocenters. The summed E-state index contributed by atoms with van der Waals surface area (Å²) in [6.45, 7) is 6.29. The number of amides is 1. The van der Waals surface area contributed by atoms with E-state index < -0.39 is 6.04 Å². The van der Waals surface area contributed by atoms with E-state index in [-0.39, 0.29) is 30.8 Å². The zero-order valence-electron chi connectivity index (χ0n) is 10.3. The number of nitrogens with one attached hydrogen (secondary N) is 1. The third kappa shape index (κ3) is 5.70. The van der Waals surface area contributed by atoms with Gasteiger partial charge in [0.25, 0.3) is 0 Å². The maximum atomic E-state index is 11.5. The van der Waals surface area contributed by atoms with Gasteiger partial charge in [0.15, 0.2) is 0 Å². The Balaban J connectivity index is 3.77. The summed E-state index contributed by atoms with van der Waals surface area (Å²) < 4.78 is 4.73. The average molecular weight is 230 g/mol. The number of rotatable bonds is 7. The summed E-state index contributed by atoms with van der Waals surface area (Å²) in [4.78, 5) is 22.5. The third-order valence-corrected chi connectivity index (χ3v) is 2.49. The van der Waals surface area contributed by atoms with Crippen LogP contribution in [-0.4, -0.2) is 31.1 Å². The number of nitrogens with two attached hydrogens (primary N) is 1. The zero-order valence-corrected chi connectivity index (χ0v) is 10.3. The van der Waals surface area contributed by atoms with E-state index in [1.54, 1.807) is 6.92 Å². The Morgan fingerprint density at radius 3 is 2.50 bits per heavy atom. The molecule has 1 amide bonds. The fraction of sp³-hybridized carbons (Fsp3) is 0.818. The summed E-state index contributed by atoms with van der Waals surface area (Å²) in [5, 5.41) is 2.62. The van der Waals surface area contributed by atoms with Crippen LogP contribution in [0.3, 0.4) is 0 Å². The van der Waals surface area contributed by atoms with E-state index >= 15 is 0 Å². The van der Waals surface area contributed by atoms with Gasteiger partial charge in [0, 0.05) is 6.54 Å². The van der Waals surface area contributed by atoms with Gasteiger partial charge in [-0.3, -0.25) is 9.59 Å². The number of carbonyl (C=O) groups excluding carboxylic acids is 2. The minimum Gasteiger partial charge on any atom is -0.466 e. The van der Waals surface area contributed by atoms with Crippen molar-refractivity contribution in [2.24, 2.45) is 11.7 Å². The Labute approximate surface area is 96.7 Å². The fourth-order valence-corrected chi connectivity index (χ4v) is 1.15. The summed E-state index contributed by atoms with van der Waals surface area (Å²) in [6.07, 6.45) is 1.04. The molecule has 0 aliphatic rings. The third-order valence-electron chi connectivity index (χ3n) is 2.49. The monoisotopic (exact) mass is 230 g/mol. The lowest BCUT2D eigenvalue weighted by Gasteiger charge is -2.17. The van der Waals surface area contributed by atoms with Crippen LogP contribution in [-0.2, 0) is 14.3 Å². The van der Waals surface area contributed by atoms with Gasteiger partial charge in [-0.1, -0.05) is 20.3 Å². The molecule has 0 saturated carbocycles. The number of ether oxygens (including phenoxy) is 1. The van der Waals surface area contributed by atoms with E-state index in [0.717, 1.165) is 6.42 Å². The van der Waals surface area contributed by atoms with Crippen molar-refractivity contribution in [2.75, 3.05) is 13.2 Å². The highest BCUT2D eigenvalue weighted by Gasteiger charge is 2.18. The molecular weight excluding hydrogens is 208 g/mol. The molecule has 0 aliphatic heterocycles. The summed E-state index contributed by atoms with van der Waals surface area (Å²) in [7, 11) is 0. The SMILES string of the molecule is CCOC(=O)CCNC(=O)[C@@H](N)C(C)CC. The van der Waals surface area contributed by atoms with Crippen LogP contribution in [0.25, 0.3) is 0 Å². The second-order valence-corrected chi connectivity index (χ2v) is 3.76. The predicted octanol–water partition coefficient (Wildman–Crippen LogP) is 0.429. The van der Waals surface area contributed by atoms with Crippen LogP contribution in [0.2, 0.25) is 0 Å². The van der Waals surface area contributed by atoms with Gasteiger partial charge in [-0.15, -0.1) is 0 Å². The average Bonchev–Trinajstić information content (AvgIpc) is 2.27. The minimum absolute atomic E-state index is 0.141. The Kier molecular flexibility index (Phi) is 7.54. The van der Waals surface area contributed by atoms with E-state index in [1.807, 2.05) is 13.8 Å². The summed E-state index contributed by atoms with van der Waals surface area (Å²) in [5.41, 5.74) is 5.72. The Morgan fingerprint density at radius 2 is 2.00 bits per heavy atom. The first-order valence-corrected chi connectivity index (χ1v) is 5.71. The lowest BCUT2D eigenvalue weighted by Crippen LogP contribution is -2.45. The van der Waals surface area contributed by atoms with Crippen molar-refractivity contribution in [3.8, 4) is 0 Å². The molecule has 0 fully saturated rings. The topological polar surface area (TPSA) is 81.4 Å². The normalized spacial score (nSPS) is 14.0. The number of hydrogen-bond acceptors (Lipinski definition) is 4. The lowest BCUT2D eigenvalue weighted by atomic mass is 9.99. The summed E-state index contributed by atoms with van der Waals surface area (Å²) in [5.74, 6) is -0.374. The standard InChI is InChI=1S/C11H22N2O3/c1-4-8(3)10(12)11(15)13-7-6-9(14)16-5-2/h8,10H,4-7,12H2,1-3H3,(H,13,15)/t8?,10-/m0/s1. The highest BCUT2D eigenvalue weighted by atomic mass is 16.5. The van der Waals surface area contributed by atoms with Crippen LogP contribution in [0.1, 0.15) is 33.6 Å². The second-order valence-electron chi connectivity index (χ2n) is 3.76. The van der Waals surface area contributed by atoms with Crippen molar-refractivity contribution in [1.82, 2.24) is 5.32 Å². The maximum Gasteiger partial charge on any atom is 0.307 e. The molecule has 5 nitrogen and oxygen atoms in total. The lowest BCUT2D eigenvalue weighted by molar-refractivity contribution is -0.143. The highest BCUT2D eigenvalue weighted by Crippen LogP contribution is 2.04. The maximum absolute atomic E-state index is 11.5. The molecule has 0 aromatic carbocycles. The summed E-state index contributed by atoms with van der Waals surface area (Å²) in [6, 6.07) is -0.507. The van der Waals surface area contributed by atoms with Gasteiger partial charge in [0.1, 0.15) is 0 Å². The zero-order chi connectivity index (χ0) is 12.6. The Hall–Kier alpha value is -1.10. The van der Waals surface area contributed by atoms with E-state index in [9.17, 15) is 9.59 Å². The van der Waals surface area contributed by atoms with Crippen molar-refractivity contribution in [3.63, 3.8) is 0 Å². The van der Waals surface area contributed by atoms with Crippen molar-refractivity contribution in [1.29, 1.82) is 0 Å². The molecule has 0 aromatic heterocycles. The minimum atomic E-state index is -0.507. The van der Waals surface area contributed by atoms with Crippen molar-refractivity contribution >= 4 is 11.9 Å². The fourth-order valence-electron chi connectivity index (χ4n) is 1.15. The van der Waals surface area contributed by atoms with Crippen LogP contribution in [0.4, 0.5) is 0 Å². The van der Waals surface area contributed by atoms with Crippen LogP contribution < -0.4 is 11.1 Å². The molecule has 1 unspecified atom stereocenters. The molecular formula is C11H22N2O3. The van der Waals surface area contributed by atoms with Crippen LogP contribution in [0, 0.1) is 5.92 Å². The van der Waals surface area contributed by atoms with E-state index in [4.69, 9.17) is 10.5 Å². The van der Waals surface area contributed by atoms with Gasteiger partial charge < -0.3 is 15.8 Å². The largest absolute Gasteiger partial charge is 0.466 e. The van der Waals surface area contributed by atoms with E-state index in [0.29, 0.717) is 6.61 Å². The molecule has 0 radical (unpaired) electrons. The number of hydrogen-bond donors (Lipinski definition) is 2. The van der Waals surface area contributed by atoms with Crippen molar-refractivity contribution in [2.45, 2.75) is 39.7 Å². The molecule has 5 heteroatoms. The van der Waals surface area contributed by atoms with Crippen molar-refractivity contribution < 1.29 is 14.3 Å². The molecule has 3 N–H and O–H groups in total. The first-order valence-electron chi connectivity index (χ1n) is 5.71. The Bertz CT molecular complexity index is 231.